The fourth-order valence-electron chi connectivity index (χ4n) is 6.69. The van der Waals surface area contributed by atoms with Crippen LogP contribution in [-0.4, -0.2) is 72.2 Å². The molecular weight excluding hydrogens is 380 g/mol. The summed E-state index contributed by atoms with van der Waals surface area (Å²) in [6.45, 7) is 5.25. The summed E-state index contributed by atoms with van der Waals surface area (Å²) in [6.07, 6.45) is 11.7. The lowest BCUT2D eigenvalue weighted by Crippen LogP contribution is -2.55. The second-order valence-corrected chi connectivity index (χ2v) is 9.95. The van der Waals surface area contributed by atoms with E-state index in [1.165, 1.54) is 0 Å². The molecule has 170 valence electrons. The second-order valence-electron chi connectivity index (χ2n) is 9.95. The Morgan fingerprint density at radius 3 is 2.47 bits per heavy atom. The molecule has 4 rings (SSSR count). The molecule has 2 amide bonds. The van der Waals surface area contributed by atoms with Crippen LogP contribution in [0.4, 0.5) is 4.79 Å². The molecule has 0 aromatic heterocycles. The average molecular weight is 421 g/mol. The highest BCUT2D eigenvalue weighted by Crippen LogP contribution is 2.46. The van der Waals surface area contributed by atoms with E-state index in [4.69, 9.17) is 10.5 Å². The molecule has 3 N–H and O–H groups in total. The van der Waals surface area contributed by atoms with Crippen LogP contribution in [0.3, 0.4) is 0 Å². The number of nitrogens with zero attached hydrogens (tertiary/aromatic N) is 2. The Kier molecular flexibility index (Phi) is 6.88. The van der Waals surface area contributed by atoms with Crippen LogP contribution < -0.4 is 11.1 Å². The molecule has 30 heavy (non-hydrogen) atoms. The van der Waals surface area contributed by atoms with Crippen molar-refractivity contribution in [2.24, 2.45) is 11.1 Å². The molecule has 0 aromatic carbocycles. The molecule has 0 aliphatic carbocycles. The van der Waals surface area contributed by atoms with Crippen molar-refractivity contribution >= 4 is 12.0 Å². The highest BCUT2D eigenvalue weighted by molar-refractivity contribution is 5.80. The van der Waals surface area contributed by atoms with Gasteiger partial charge in [-0.3, -0.25) is 4.79 Å². The first-order valence-electron chi connectivity index (χ1n) is 12.2. The summed E-state index contributed by atoms with van der Waals surface area (Å²) in [5.41, 5.74) is 5.78. The predicted molar refractivity (Wildman–Crippen MR) is 116 cm³/mol. The van der Waals surface area contributed by atoms with Gasteiger partial charge in [-0.2, -0.15) is 0 Å². The molecule has 7 heteroatoms. The van der Waals surface area contributed by atoms with Crippen molar-refractivity contribution in [3.8, 4) is 0 Å². The van der Waals surface area contributed by atoms with E-state index in [0.29, 0.717) is 37.2 Å². The van der Waals surface area contributed by atoms with Crippen molar-refractivity contribution in [3.63, 3.8) is 0 Å². The van der Waals surface area contributed by atoms with Crippen LogP contribution in [0.25, 0.3) is 0 Å². The van der Waals surface area contributed by atoms with Gasteiger partial charge in [-0.15, -0.1) is 0 Å². The molecule has 4 aliphatic heterocycles. The highest BCUT2D eigenvalue weighted by atomic mass is 16.6. The zero-order chi connectivity index (χ0) is 21.1. The number of hydrogen-bond donors (Lipinski definition) is 2. The number of rotatable bonds is 7. The minimum atomic E-state index is -0.117. The maximum Gasteiger partial charge on any atom is 0.410 e. The third-order valence-electron chi connectivity index (χ3n) is 8.28. The number of fused-ring (bicyclic) bond motifs is 2. The lowest BCUT2D eigenvalue weighted by Gasteiger charge is -2.48. The molecule has 3 atom stereocenters. The normalized spacial score (nSPS) is 33.1. The number of piperidine rings is 2. The summed E-state index contributed by atoms with van der Waals surface area (Å²) in [5.74, 6) is 0.244. The molecule has 2 bridgehead atoms. The number of nitrogens with two attached hydrogens (primary N) is 1. The van der Waals surface area contributed by atoms with Gasteiger partial charge < -0.3 is 25.6 Å². The van der Waals surface area contributed by atoms with Gasteiger partial charge in [0.2, 0.25) is 5.91 Å². The number of unbranched alkanes of at least 4 members (excludes halogenated alkanes) is 2. The topological polar surface area (TPSA) is 87.9 Å². The van der Waals surface area contributed by atoms with Gasteiger partial charge >= 0.3 is 6.09 Å². The molecule has 4 aliphatic rings. The number of likely N-dealkylation sites (tertiary alicyclic amines) is 1. The first kappa shape index (κ1) is 21.9. The Bertz CT molecular complexity index is 606. The monoisotopic (exact) mass is 420 g/mol. The van der Waals surface area contributed by atoms with E-state index in [2.05, 4.69) is 10.2 Å². The van der Waals surface area contributed by atoms with Crippen molar-refractivity contribution in [1.82, 2.24) is 15.1 Å². The van der Waals surface area contributed by atoms with E-state index < -0.39 is 0 Å². The largest absolute Gasteiger partial charge is 0.450 e. The summed E-state index contributed by atoms with van der Waals surface area (Å²) < 4.78 is 5.30. The standard InChI is InChI=1S/C23H40N4O3/c1-2-30-22(29)27-17-7-8-18(27)15-19(14-17)26-12-9-23(10-13-26)16-21(28)25-20(23)6-4-3-5-11-24/h17-20H,2-16,24H2,1H3,(H,25,28). The van der Waals surface area contributed by atoms with Crippen LogP contribution in [0.15, 0.2) is 0 Å². The van der Waals surface area contributed by atoms with Crippen molar-refractivity contribution in [3.05, 3.63) is 0 Å². The minimum absolute atomic E-state index is 0.117. The van der Waals surface area contributed by atoms with Crippen molar-refractivity contribution < 1.29 is 14.3 Å². The zero-order valence-electron chi connectivity index (χ0n) is 18.6. The van der Waals surface area contributed by atoms with Crippen LogP contribution in [0.5, 0.6) is 0 Å². The van der Waals surface area contributed by atoms with Gasteiger partial charge in [0.05, 0.1) is 6.61 Å². The van der Waals surface area contributed by atoms with E-state index in [1.807, 2.05) is 11.8 Å². The first-order valence-corrected chi connectivity index (χ1v) is 12.2. The number of carbonyl (C=O) groups is 2. The first-order chi connectivity index (χ1) is 14.6. The summed E-state index contributed by atoms with van der Waals surface area (Å²) >= 11 is 0. The summed E-state index contributed by atoms with van der Waals surface area (Å²) in [4.78, 5) is 29.3. The Balaban J connectivity index is 1.31. The molecule has 4 heterocycles. The van der Waals surface area contributed by atoms with Crippen LogP contribution >= 0.6 is 0 Å². The van der Waals surface area contributed by atoms with E-state index in [1.54, 1.807) is 0 Å². The van der Waals surface area contributed by atoms with Gasteiger partial charge in [-0.05, 0) is 77.9 Å². The van der Waals surface area contributed by atoms with Crippen LogP contribution in [0.1, 0.15) is 77.6 Å². The van der Waals surface area contributed by atoms with Crippen molar-refractivity contribution in [1.29, 1.82) is 0 Å². The van der Waals surface area contributed by atoms with Crippen LogP contribution in [0, 0.1) is 5.41 Å². The van der Waals surface area contributed by atoms with Crippen LogP contribution in [0.2, 0.25) is 0 Å². The third-order valence-corrected chi connectivity index (χ3v) is 8.28. The molecule has 7 nitrogen and oxygen atoms in total. The summed E-state index contributed by atoms with van der Waals surface area (Å²) in [7, 11) is 0. The van der Waals surface area contributed by atoms with E-state index in [9.17, 15) is 9.59 Å². The van der Waals surface area contributed by atoms with E-state index in [0.717, 1.165) is 83.8 Å². The van der Waals surface area contributed by atoms with Crippen molar-refractivity contribution in [2.75, 3.05) is 26.2 Å². The van der Waals surface area contributed by atoms with Gasteiger partial charge in [0.15, 0.2) is 0 Å². The van der Waals surface area contributed by atoms with E-state index in [-0.39, 0.29) is 17.4 Å². The molecule has 4 fully saturated rings. The SMILES string of the molecule is CCOC(=O)N1C2CCC1CC(N1CCC3(CC1)CC(=O)NC3CCCCCN)C2. The fraction of sp³-hybridized carbons (Fsp3) is 0.913. The Morgan fingerprint density at radius 2 is 1.83 bits per heavy atom. The number of nitrogens with one attached hydrogen (secondary N) is 1. The molecule has 0 aromatic rings. The smallest absolute Gasteiger partial charge is 0.410 e. The fourth-order valence-corrected chi connectivity index (χ4v) is 6.69. The quantitative estimate of drug-likeness (QED) is 0.618. The Labute approximate surface area is 181 Å². The highest BCUT2D eigenvalue weighted by Gasteiger charge is 2.50. The van der Waals surface area contributed by atoms with Gasteiger partial charge in [0, 0.05) is 36.0 Å². The third kappa shape index (κ3) is 4.33. The molecular formula is C23H40N4O3. The lowest BCUT2D eigenvalue weighted by atomic mass is 9.70. The summed E-state index contributed by atoms with van der Waals surface area (Å²) in [6, 6.07) is 1.59. The van der Waals surface area contributed by atoms with E-state index >= 15 is 0 Å². The minimum Gasteiger partial charge on any atom is -0.450 e. The number of carbonyl (C=O) groups excluding carboxylic acids is 2. The van der Waals surface area contributed by atoms with Gasteiger partial charge in [0.1, 0.15) is 0 Å². The average Bonchev–Trinajstić information content (AvgIpc) is 3.18. The molecule has 0 radical (unpaired) electrons. The predicted octanol–water partition coefficient (Wildman–Crippen LogP) is 2.63. The number of hydrogen-bond acceptors (Lipinski definition) is 5. The Morgan fingerprint density at radius 1 is 1.13 bits per heavy atom. The summed E-state index contributed by atoms with van der Waals surface area (Å²) in [5, 5.41) is 3.29. The Hall–Kier alpha value is -1.34. The van der Waals surface area contributed by atoms with Gasteiger partial charge in [-0.25, -0.2) is 4.79 Å². The molecule has 1 spiro atoms. The van der Waals surface area contributed by atoms with Crippen LogP contribution in [-0.2, 0) is 9.53 Å². The molecule has 4 saturated heterocycles. The zero-order valence-corrected chi connectivity index (χ0v) is 18.6. The number of amides is 2. The van der Waals surface area contributed by atoms with Gasteiger partial charge in [-0.1, -0.05) is 12.8 Å². The van der Waals surface area contributed by atoms with Gasteiger partial charge in [0.25, 0.3) is 0 Å². The maximum absolute atomic E-state index is 12.4. The maximum atomic E-state index is 12.4. The lowest BCUT2D eigenvalue weighted by molar-refractivity contribution is -0.120. The molecule has 3 unspecified atom stereocenters. The van der Waals surface area contributed by atoms with Crippen molar-refractivity contribution in [2.45, 2.75) is 102 Å². The number of ether oxygens (including phenoxy) is 1. The second kappa shape index (κ2) is 9.43. The molecule has 0 saturated carbocycles.